The second-order valence-corrected chi connectivity index (χ2v) is 8.58. The first-order chi connectivity index (χ1) is 15.9. The van der Waals surface area contributed by atoms with E-state index >= 15 is 0 Å². The van der Waals surface area contributed by atoms with E-state index in [1.165, 1.54) is 11.8 Å². The maximum Gasteiger partial charge on any atom is 0.261 e. The summed E-state index contributed by atoms with van der Waals surface area (Å²) in [4.78, 5) is 46.7. The van der Waals surface area contributed by atoms with Crippen LogP contribution in [0.5, 0.6) is 0 Å². The van der Waals surface area contributed by atoms with E-state index in [2.05, 4.69) is 15.3 Å². The molecule has 8 nitrogen and oxygen atoms in total. The van der Waals surface area contributed by atoms with Gasteiger partial charge >= 0.3 is 0 Å². The van der Waals surface area contributed by atoms with Crippen LogP contribution >= 0.6 is 11.8 Å². The molecular weight excluding hydrogens is 440 g/mol. The number of rotatable bonds is 6. The van der Waals surface area contributed by atoms with Crippen LogP contribution in [0.25, 0.3) is 0 Å². The molecule has 0 bridgehead atoms. The van der Waals surface area contributed by atoms with Gasteiger partial charge in [-0.3, -0.25) is 14.4 Å². The molecule has 0 radical (unpaired) electrons. The van der Waals surface area contributed by atoms with E-state index in [1.54, 1.807) is 36.7 Å². The van der Waals surface area contributed by atoms with Crippen LogP contribution in [0.15, 0.2) is 59.9 Å². The van der Waals surface area contributed by atoms with Crippen molar-refractivity contribution in [1.29, 1.82) is 0 Å². The van der Waals surface area contributed by atoms with Crippen molar-refractivity contribution in [3.63, 3.8) is 0 Å². The predicted molar refractivity (Wildman–Crippen MR) is 125 cm³/mol. The molecule has 168 valence electrons. The molecular formula is C24H22N4O4S. The van der Waals surface area contributed by atoms with Gasteiger partial charge in [-0.1, -0.05) is 6.07 Å². The van der Waals surface area contributed by atoms with Crippen molar-refractivity contribution in [2.45, 2.75) is 24.6 Å². The molecule has 0 spiro atoms. The molecule has 4 rings (SSSR count). The normalized spacial score (nSPS) is 13.8. The molecule has 1 saturated heterocycles. The quantitative estimate of drug-likeness (QED) is 0.442. The van der Waals surface area contributed by atoms with Gasteiger partial charge in [0.25, 0.3) is 17.7 Å². The number of benzene rings is 1. The van der Waals surface area contributed by atoms with Gasteiger partial charge in [0, 0.05) is 23.8 Å². The number of carbonyl (C=O) groups is 3. The van der Waals surface area contributed by atoms with E-state index in [4.69, 9.17) is 4.74 Å². The predicted octanol–water partition coefficient (Wildman–Crippen LogP) is 3.53. The Bertz CT molecular complexity index is 1190. The number of carbonyl (C=O) groups excluding carboxylic acids is 3. The Morgan fingerprint density at radius 3 is 2.48 bits per heavy atom. The molecule has 9 heteroatoms. The fourth-order valence-electron chi connectivity index (χ4n) is 3.50. The molecule has 1 fully saturated rings. The van der Waals surface area contributed by atoms with Crippen molar-refractivity contribution < 1.29 is 19.1 Å². The SMILES string of the molecule is Cc1cc(C)cc(NC(=O)c2cccnc2SCc2ccnc(N3C(=O)COCC3=O)c2)c1. The van der Waals surface area contributed by atoms with E-state index in [1.807, 2.05) is 32.0 Å². The van der Waals surface area contributed by atoms with Crippen LogP contribution in [0, 0.1) is 13.8 Å². The summed E-state index contributed by atoms with van der Waals surface area (Å²) >= 11 is 1.39. The summed E-state index contributed by atoms with van der Waals surface area (Å²) in [6.07, 6.45) is 3.19. The van der Waals surface area contributed by atoms with Crippen molar-refractivity contribution in [2.24, 2.45) is 0 Å². The van der Waals surface area contributed by atoms with Crippen molar-refractivity contribution in [3.8, 4) is 0 Å². The lowest BCUT2D eigenvalue weighted by molar-refractivity contribution is -0.138. The van der Waals surface area contributed by atoms with E-state index in [0.717, 1.165) is 27.3 Å². The number of aryl methyl sites for hydroxylation is 2. The lowest BCUT2D eigenvalue weighted by atomic mass is 10.1. The highest BCUT2D eigenvalue weighted by Gasteiger charge is 2.29. The minimum Gasteiger partial charge on any atom is -0.362 e. The van der Waals surface area contributed by atoms with Gasteiger partial charge in [0.05, 0.1) is 5.56 Å². The molecule has 0 atom stereocenters. The van der Waals surface area contributed by atoms with Crippen LogP contribution in [0.3, 0.4) is 0 Å². The molecule has 1 aliphatic heterocycles. The van der Waals surface area contributed by atoms with Crippen LogP contribution in [0.1, 0.15) is 27.0 Å². The van der Waals surface area contributed by atoms with Gasteiger partial charge in [0.15, 0.2) is 0 Å². The lowest BCUT2D eigenvalue weighted by Crippen LogP contribution is -2.46. The molecule has 3 heterocycles. The molecule has 33 heavy (non-hydrogen) atoms. The highest BCUT2D eigenvalue weighted by Crippen LogP contribution is 2.27. The lowest BCUT2D eigenvalue weighted by Gasteiger charge is -2.24. The zero-order chi connectivity index (χ0) is 23.4. The molecule has 0 unspecified atom stereocenters. The van der Waals surface area contributed by atoms with Gasteiger partial charge in [-0.15, -0.1) is 11.8 Å². The van der Waals surface area contributed by atoms with Crippen molar-refractivity contribution >= 4 is 41.0 Å². The number of pyridine rings is 2. The number of amides is 3. The van der Waals surface area contributed by atoms with Crippen LogP contribution in [-0.4, -0.2) is 40.9 Å². The third-order valence-electron chi connectivity index (χ3n) is 4.86. The summed E-state index contributed by atoms with van der Waals surface area (Å²) in [5.74, 6) is -0.392. The Morgan fingerprint density at radius 1 is 1.03 bits per heavy atom. The van der Waals surface area contributed by atoms with E-state index in [9.17, 15) is 14.4 Å². The Hall–Kier alpha value is -3.56. The number of nitrogens with zero attached hydrogens (tertiary/aromatic N) is 3. The summed E-state index contributed by atoms with van der Waals surface area (Å²) < 4.78 is 4.95. The third kappa shape index (κ3) is 5.44. The van der Waals surface area contributed by atoms with Gasteiger partial charge < -0.3 is 10.1 Å². The van der Waals surface area contributed by atoms with Crippen molar-refractivity contribution in [3.05, 3.63) is 77.1 Å². The maximum absolute atomic E-state index is 12.9. The van der Waals surface area contributed by atoms with E-state index in [0.29, 0.717) is 16.3 Å². The zero-order valence-electron chi connectivity index (χ0n) is 18.2. The fraction of sp³-hybridized carbons (Fsp3) is 0.208. The average molecular weight is 463 g/mol. The number of imide groups is 1. The first-order valence-electron chi connectivity index (χ1n) is 10.3. The first-order valence-corrected chi connectivity index (χ1v) is 11.2. The number of anilines is 2. The summed E-state index contributed by atoms with van der Waals surface area (Å²) in [5.41, 5.74) is 4.17. The standard InChI is InChI=1S/C24H22N4O4S/c1-15-8-16(2)10-18(9-15)27-23(31)19-4-3-6-26-24(19)33-14-17-5-7-25-20(11-17)28-21(29)12-32-13-22(28)30/h3-11H,12-14H2,1-2H3,(H,27,31). The number of hydrogen-bond donors (Lipinski definition) is 1. The number of aromatic nitrogens is 2. The summed E-state index contributed by atoms with van der Waals surface area (Å²) in [6.45, 7) is 3.66. The molecule has 1 aliphatic rings. The Balaban J connectivity index is 1.49. The van der Waals surface area contributed by atoms with E-state index in [-0.39, 0.29) is 24.9 Å². The monoisotopic (exact) mass is 462 g/mol. The summed E-state index contributed by atoms with van der Waals surface area (Å²) in [6, 6.07) is 12.8. The van der Waals surface area contributed by atoms with Gasteiger partial charge in [-0.05, 0) is 66.9 Å². The highest BCUT2D eigenvalue weighted by molar-refractivity contribution is 7.98. The second kappa shape index (κ2) is 9.93. The highest BCUT2D eigenvalue weighted by atomic mass is 32.2. The number of ether oxygens (including phenoxy) is 1. The molecule has 2 aromatic heterocycles. The van der Waals surface area contributed by atoms with Crippen molar-refractivity contribution in [2.75, 3.05) is 23.4 Å². The molecule has 1 N–H and O–H groups in total. The van der Waals surface area contributed by atoms with Crippen LogP contribution < -0.4 is 10.2 Å². The first kappa shape index (κ1) is 22.6. The maximum atomic E-state index is 12.9. The Kier molecular flexibility index (Phi) is 6.81. The summed E-state index contributed by atoms with van der Waals surface area (Å²) in [7, 11) is 0. The topological polar surface area (TPSA) is 101 Å². The molecule has 0 aliphatic carbocycles. The number of nitrogens with one attached hydrogen (secondary N) is 1. The minimum atomic E-state index is -0.446. The van der Waals surface area contributed by atoms with Gasteiger partial charge in [0.1, 0.15) is 24.1 Å². The Morgan fingerprint density at radius 2 is 1.76 bits per heavy atom. The van der Waals surface area contributed by atoms with Gasteiger partial charge in [-0.2, -0.15) is 0 Å². The van der Waals surface area contributed by atoms with Crippen LogP contribution in [0.2, 0.25) is 0 Å². The largest absolute Gasteiger partial charge is 0.362 e. The van der Waals surface area contributed by atoms with Crippen LogP contribution in [0.4, 0.5) is 11.5 Å². The average Bonchev–Trinajstić information content (AvgIpc) is 2.77. The zero-order valence-corrected chi connectivity index (χ0v) is 19.0. The summed E-state index contributed by atoms with van der Waals surface area (Å²) in [5, 5.41) is 3.52. The number of thioether (sulfide) groups is 1. The number of morpholine rings is 1. The smallest absolute Gasteiger partial charge is 0.261 e. The number of hydrogen-bond acceptors (Lipinski definition) is 7. The fourth-order valence-corrected chi connectivity index (χ4v) is 4.43. The Labute approximate surface area is 195 Å². The minimum absolute atomic E-state index is 0.154. The third-order valence-corrected chi connectivity index (χ3v) is 5.94. The van der Waals surface area contributed by atoms with Crippen LogP contribution in [-0.2, 0) is 20.1 Å². The van der Waals surface area contributed by atoms with Crippen molar-refractivity contribution in [1.82, 2.24) is 9.97 Å². The second-order valence-electron chi connectivity index (χ2n) is 7.61. The van der Waals surface area contributed by atoms with Gasteiger partial charge in [0.2, 0.25) is 0 Å². The molecule has 3 amide bonds. The van der Waals surface area contributed by atoms with Gasteiger partial charge in [-0.25, -0.2) is 14.9 Å². The molecule has 1 aromatic carbocycles. The van der Waals surface area contributed by atoms with E-state index < -0.39 is 11.8 Å². The molecule has 3 aromatic rings. The molecule has 0 saturated carbocycles.